The number of benzene rings is 5. The summed E-state index contributed by atoms with van der Waals surface area (Å²) in [6.07, 6.45) is 1.73. The summed E-state index contributed by atoms with van der Waals surface area (Å²) in [5.74, 6) is 3.74. The third-order valence-corrected chi connectivity index (χ3v) is 7.69. The first-order valence-corrected chi connectivity index (χ1v) is 15.4. The van der Waals surface area contributed by atoms with Crippen molar-refractivity contribution in [3.8, 4) is 79.8 Å². The molecule has 3 aromatic heterocycles. The Bertz CT molecular complexity index is 2200. The maximum Gasteiger partial charge on any atom is 0.201 e. The molecule has 48 heavy (non-hydrogen) atoms. The lowest BCUT2D eigenvalue weighted by atomic mass is 10.1. The molecule has 8 heteroatoms. The Labute approximate surface area is 277 Å². The highest BCUT2D eigenvalue weighted by Crippen LogP contribution is 2.28. The van der Waals surface area contributed by atoms with Gasteiger partial charge >= 0.3 is 0 Å². The summed E-state index contributed by atoms with van der Waals surface area (Å²) >= 11 is 0. The maximum atomic E-state index is 4.89. The Morgan fingerprint density at radius 3 is 0.917 bits per heavy atom. The molecule has 0 aliphatic rings. The summed E-state index contributed by atoms with van der Waals surface area (Å²) in [4.78, 5) is 38.3. The van der Waals surface area contributed by atoms with Crippen molar-refractivity contribution < 1.29 is 0 Å². The van der Waals surface area contributed by atoms with E-state index in [1.165, 1.54) is 0 Å². The number of aromatic nitrogens is 8. The van der Waals surface area contributed by atoms with Crippen LogP contribution >= 0.6 is 0 Å². The largest absolute Gasteiger partial charge is 0.234 e. The van der Waals surface area contributed by atoms with Crippen molar-refractivity contribution in [2.75, 3.05) is 0 Å². The molecule has 0 aliphatic heterocycles. The fraction of sp³-hybridized carbons (Fsp3) is 0. The van der Waals surface area contributed by atoms with Crippen LogP contribution in [-0.4, -0.2) is 39.9 Å². The molecule has 0 N–H and O–H groups in total. The topological polar surface area (TPSA) is 103 Å². The molecule has 0 fully saturated rings. The number of hydrogen-bond donors (Lipinski definition) is 0. The van der Waals surface area contributed by atoms with E-state index in [0.717, 1.165) is 39.1 Å². The van der Waals surface area contributed by atoms with Gasteiger partial charge in [0.15, 0.2) is 34.9 Å². The van der Waals surface area contributed by atoms with Crippen LogP contribution in [0.4, 0.5) is 0 Å². The Balaban J connectivity index is 1.16. The molecule has 0 spiro atoms. The van der Waals surface area contributed by atoms with E-state index in [2.05, 4.69) is 4.98 Å². The molecule has 0 saturated heterocycles. The van der Waals surface area contributed by atoms with Gasteiger partial charge in [-0.1, -0.05) is 146 Å². The van der Waals surface area contributed by atoms with Crippen molar-refractivity contribution >= 4 is 0 Å². The average molecular weight is 619 g/mol. The van der Waals surface area contributed by atoms with E-state index in [4.69, 9.17) is 34.9 Å². The summed E-state index contributed by atoms with van der Waals surface area (Å²) in [6, 6.07) is 49.5. The van der Waals surface area contributed by atoms with E-state index in [-0.39, 0.29) is 0 Å². The Morgan fingerprint density at radius 1 is 0.229 bits per heavy atom. The van der Waals surface area contributed by atoms with Gasteiger partial charge in [-0.25, -0.2) is 39.9 Å². The number of rotatable bonds is 7. The van der Waals surface area contributed by atoms with Gasteiger partial charge in [0.1, 0.15) is 0 Å². The Hall–Kier alpha value is -6.80. The molecular weight excluding hydrogens is 592 g/mol. The van der Waals surface area contributed by atoms with E-state index < -0.39 is 0 Å². The average Bonchev–Trinajstić information content (AvgIpc) is 3.19. The van der Waals surface area contributed by atoms with Gasteiger partial charge in [-0.15, -0.1) is 0 Å². The van der Waals surface area contributed by atoms with E-state index in [1.807, 2.05) is 152 Å². The van der Waals surface area contributed by atoms with Crippen LogP contribution in [-0.2, 0) is 0 Å². The van der Waals surface area contributed by atoms with E-state index in [0.29, 0.717) is 40.8 Å². The summed E-state index contributed by atoms with van der Waals surface area (Å²) in [5.41, 5.74) is 6.12. The number of hydrogen-bond acceptors (Lipinski definition) is 8. The zero-order chi connectivity index (χ0) is 32.1. The molecule has 0 radical (unpaired) electrons. The lowest BCUT2D eigenvalue weighted by molar-refractivity contribution is 1.03. The zero-order valence-electron chi connectivity index (χ0n) is 25.6. The minimum atomic E-state index is 0.397. The maximum absolute atomic E-state index is 4.89. The van der Waals surface area contributed by atoms with Gasteiger partial charge in [0.05, 0.1) is 5.69 Å². The minimum Gasteiger partial charge on any atom is -0.234 e. The minimum absolute atomic E-state index is 0.397. The second-order valence-corrected chi connectivity index (χ2v) is 10.9. The Morgan fingerprint density at radius 2 is 0.542 bits per heavy atom. The molecule has 0 aliphatic carbocycles. The van der Waals surface area contributed by atoms with Crippen LogP contribution in [0, 0.1) is 0 Å². The molecule has 0 saturated carbocycles. The predicted octanol–water partition coefficient (Wildman–Crippen LogP) is 8.52. The monoisotopic (exact) mass is 618 g/mol. The van der Waals surface area contributed by atoms with Crippen LogP contribution in [0.1, 0.15) is 0 Å². The predicted molar refractivity (Wildman–Crippen MR) is 187 cm³/mol. The molecule has 226 valence electrons. The third-order valence-electron chi connectivity index (χ3n) is 7.69. The van der Waals surface area contributed by atoms with Gasteiger partial charge in [-0.3, -0.25) is 0 Å². The van der Waals surface area contributed by atoms with Crippen LogP contribution < -0.4 is 0 Å². The lowest BCUT2D eigenvalue weighted by Gasteiger charge is -2.09. The standard InChI is InChI=1S/C40H26N8/c1-5-13-28(14-6-1)34-43-35(29-15-7-2-8-16-29)45-38(44-34)32-23-21-27(22-24-32)33-25-26-41-39(42-33)40-47-36(30-17-9-3-10-18-30)46-37(48-40)31-19-11-4-12-20-31/h1-26H. The lowest BCUT2D eigenvalue weighted by Crippen LogP contribution is -2.03. The highest BCUT2D eigenvalue weighted by atomic mass is 15.1. The fourth-order valence-corrected chi connectivity index (χ4v) is 5.26. The molecule has 0 bridgehead atoms. The first kappa shape index (κ1) is 28.7. The normalized spacial score (nSPS) is 10.9. The molecule has 0 amide bonds. The van der Waals surface area contributed by atoms with Gasteiger partial charge in [0, 0.05) is 39.6 Å². The second-order valence-electron chi connectivity index (χ2n) is 10.9. The summed E-state index contributed by atoms with van der Waals surface area (Å²) in [6.45, 7) is 0. The molecule has 0 atom stereocenters. The zero-order valence-corrected chi connectivity index (χ0v) is 25.6. The van der Waals surface area contributed by atoms with E-state index in [9.17, 15) is 0 Å². The first-order chi connectivity index (χ1) is 23.8. The quantitative estimate of drug-likeness (QED) is 0.175. The Kier molecular flexibility index (Phi) is 7.70. The number of nitrogens with zero attached hydrogens (tertiary/aromatic N) is 8. The van der Waals surface area contributed by atoms with Gasteiger partial charge in [-0.2, -0.15) is 0 Å². The van der Waals surface area contributed by atoms with E-state index >= 15 is 0 Å². The molecular formula is C40H26N8. The summed E-state index contributed by atoms with van der Waals surface area (Å²) in [5, 5.41) is 0. The van der Waals surface area contributed by atoms with Gasteiger partial charge in [0.2, 0.25) is 5.82 Å². The van der Waals surface area contributed by atoms with Gasteiger partial charge in [-0.05, 0) is 6.07 Å². The van der Waals surface area contributed by atoms with Crippen LogP contribution in [0.2, 0.25) is 0 Å². The van der Waals surface area contributed by atoms with Crippen LogP contribution in [0.5, 0.6) is 0 Å². The van der Waals surface area contributed by atoms with Crippen molar-refractivity contribution in [2.24, 2.45) is 0 Å². The van der Waals surface area contributed by atoms with Crippen molar-refractivity contribution in [1.82, 2.24) is 39.9 Å². The second kappa shape index (κ2) is 12.9. The molecule has 0 unspecified atom stereocenters. The van der Waals surface area contributed by atoms with Crippen molar-refractivity contribution in [2.45, 2.75) is 0 Å². The molecule has 8 aromatic rings. The van der Waals surface area contributed by atoms with Crippen molar-refractivity contribution in [3.05, 3.63) is 158 Å². The first-order valence-electron chi connectivity index (χ1n) is 15.4. The molecule has 8 rings (SSSR count). The summed E-state index contributed by atoms with van der Waals surface area (Å²) in [7, 11) is 0. The van der Waals surface area contributed by atoms with Crippen LogP contribution in [0.3, 0.4) is 0 Å². The highest BCUT2D eigenvalue weighted by molar-refractivity contribution is 5.70. The van der Waals surface area contributed by atoms with Crippen molar-refractivity contribution in [1.29, 1.82) is 0 Å². The molecule has 5 aromatic carbocycles. The van der Waals surface area contributed by atoms with Gasteiger partial charge in [0.25, 0.3) is 0 Å². The van der Waals surface area contributed by atoms with Crippen molar-refractivity contribution in [3.63, 3.8) is 0 Å². The van der Waals surface area contributed by atoms with Gasteiger partial charge < -0.3 is 0 Å². The van der Waals surface area contributed by atoms with Crippen LogP contribution in [0.15, 0.2) is 158 Å². The third kappa shape index (κ3) is 6.05. The fourth-order valence-electron chi connectivity index (χ4n) is 5.26. The molecule has 8 nitrogen and oxygen atoms in total. The molecule has 3 heterocycles. The smallest absolute Gasteiger partial charge is 0.201 e. The van der Waals surface area contributed by atoms with Crippen LogP contribution in [0.25, 0.3) is 79.8 Å². The summed E-state index contributed by atoms with van der Waals surface area (Å²) < 4.78 is 0. The highest BCUT2D eigenvalue weighted by Gasteiger charge is 2.16. The van der Waals surface area contributed by atoms with E-state index in [1.54, 1.807) is 6.20 Å². The SMILES string of the molecule is c1ccc(-c2nc(-c3ccccc3)nc(-c3ccc(-c4ccnc(-c5nc(-c6ccccc6)nc(-c6ccccc6)n5)n4)cc3)n2)cc1.